The second kappa shape index (κ2) is 9.26. The van der Waals surface area contributed by atoms with Crippen LogP contribution in [0, 0.1) is 10.5 Å². The number of phenols is 1. The summed E-state index contributed by atoms with van der Waals surface area (Å²) < 4.78 is 11.4. The van der Waals surface area contributed by atoms with E-state index in [1.165, 1.54) is 6.21 Å². The van der Waals surface area contributed by atoms with E-state index >= 15 is 0 Å². The molecule has 0 fully saturated rings. The molecule has 0 aliphatic rings. The number of nitrogens with one attached hydrogen (secondary N) is 1. The molecule has 132 valence electrons. The molecule has 25 heavy (non-hydrogen) atoms. The zero-order valence-electron chi connectivity index (χ0n) is 14.0. The van der Waals surface area contributed by atoms with Crippen LogP contribution in [0.2, 0.25) is 0 Å². The minimum absolute atomic E-state index is 0.0928. The van der Waals surface area contributed by atoms with Crippen molar-refractivity contribution in [1.82, 2.24) is 5.43 Å². The summed E-state index contributed by atoms with van der Waals surface area (Å²) in [7, 11) is 0. The normalized spacial score (nSPS) is 10.7. The van der Waals surface area contributed by atoms with Gasteiger partial charge in [-0.25, -0.2) is 5.43 Å². The van der Waals surface area contributed by atoms with Crippen molar-refractivity contribution in [2.24, 2.45) is 5.10 Å². The lowest BCUT2D eigenvalue weighted by molar-refractivity contribution is -0.123. The van der Waals surface area contributed by atoms with E-state index in [0.29, 0.717) is 27.2 Å². The number of carbonyl (C=O) groups excluding carboxylic acids is 1. The van der Waals surface area contributed by atoms with Gasteiger partial charge in [-0.15, -0.1) is 0 Å². The highest BCUT2D eigenvalue weighted by atomic mass is 127. The third kappa shape index (κ3) is 5.93. The van der Waals surface area contributed by atoms with Crippen molar-refractivity contribution in [3.63, 3.8) is 0 Å². The fourth-order valence-corrected chi connectivity index (χ4v) is 2.62. The highest BCUT2D eigenvalue weighted by Gasteiger charge is 2.08. The summed E-state index contributed by atoms with van der Waals surface area (Å²) in [5.41, 5.74) is 4.16. The molecule has 2 aromatic rings. The Morgan fingerprint density at radius 3 is 2.84 bits per heavy atom. The summed E-state index contributed by atoms with van der Waals surface area (Å²) in [6, 6.07) is 10.8. The number of rotatable bonds is 7. The smallest absolute Gasteiger partial charge is 0.277 e. The molecule has 0 atom stereocenters. The highest BCUT2D eigenvalue weighted by molar-refractivity contribution is 14.1. The van der Waals surface area contributed by atoms with Gasteiger partial charge in [0.2, 0.25) is 0 Å². The van der Waals surface area contributed by atoms with Crippen LogP contribution in [-0.2, 0) is 4.79 Å². The topological polar surface area (TPSA) is 80.2 Å². The van der Waals surface area contributed by atoms with Crippen molar-refractivity contribution < 1.29 is 19.4 Å². The van der Waals surface area contributed by atoms with E-state index in [0.717, 1.165) is 5.56 Å². The Balaban J connectivity index is 1.90. The van der Waals surface area contributed by atoms with Crippen molar-refractivity contribution in [3.05, 3.63) is 51.1 Å². The molecule has 0 bridgehead atoms. The zero-order valence-corrected chi connectivity index (χ0v) is 16.1. The van der Waals surface area contributed by atoms with E-state index in [-0.39, 0.29) is 18.3 Å². The number of phenolic OH excluding ortho intramolecular Hbond substituents is 1. The Bertz CT molecular complexity index is 778. The molecule has 2 N–H and O–H groups in total. The molecule has 0 unspecified atom stereocenters. The van der Waals surface area contributed by atoms with Crippen LogP contribution in [0.15, 0.2) is 41.5 Å². The van der Waals surface area contributed by atoms with Gasteiger partial charge in [0.15, 0.2) is 18.1 Å². The number of hydrogen-bond donors (Lipinski definition) is 2. The maximum atomic E-state index is 11.8. The van der Waals surface area contributed by atoms with E-state index < -0.39 is 0 Å². The standard InChI is InChI=1S/C18H19IN2O4/c1-3-24-16-9-13(8-15(19)18(16)23)10-20-21-17(22)11-25-14-6-4-5-12(2)7-14/h4-10,23H,3,11H2,1-2H3,(H,21,22)/b20-10-. The quantitative estimate of drug-likeness (QED) is 0.383. The predicted octanol–water partition coefficient (Wildman–Crippen LogP) is 3.23. The van der Waals surface area contributed by atoms with Gasteiger partial charge in [-0.1, -0.05) is 12.1 Å². The second-order valence-corrected chi connectivity index (χ2v) is 6.34. The van der Waals surface area contributed by atoms with Crippen LogP contribution in [0.25, 0.3) is 0 Å². The predicted molar refractivity (Wildman–Crippen MR) is 104 cm³/mol. The first-order valence-corrected chi connectivity index (χ1v) is 8.74. The minimum Gasteiger partial charge on any atom is -0.504 e. The Morgan fingerprint density at radius 1 is 1.32 bits per heavy atom. The lowest BCUT2D eigenvalue weighted by atomic mass is 10.2. The van der Waals surface area contributed by atoms with E-state index in [1.807, 2.05) is 54.6 Å². The molecular weight excluding hydrogens is 435 g/mol. The SMILES string of the molecule is CCOc1cc(/C=N\NC(=O)COc2cccc(C)c2)cc(I)c1O. The van der Waals surface area contributed by atoms with Gasteiger partial charge in [-0.3, -0.25) is 4.79 Å². The van der Waals surface area contributed by atoms with Crippen molar-refractivity contribution in [2.75, 3.05) is 13.2 Å². The Labute approximate surface area is 160 Å². The number of hydrazone groups is 1. The molecule has 0 aliphatic carbocycles. The number of aromatic hydroxyl groups is 1. The van der Waals surface area contributed by atoms with Crippen molar-refractivity contribution in [1.29, 1.82) is 0 Å². The third-order valence-electron chi connectivity index (χ3n) is 3.11. The number of benzene rings is 2. The monoisotopic (exact) mass is 454 g/mol. The first kappa shape index (κ1) is 19.0. The van der Waals surface area contributed by atoms with Gasteiger partial charge in [-0.05, 0) is 71.8 Å². The molecule has 0 spiro atoms. The molecule has 0 saturated heterocycles. The summed E-state index contributed by atoms with van der Waals surface area (Å²) in [6.45, 7) is 4.10. The number of nitrogens with zero attached hydrogens (tertiary/aromatic N) is 1. The summed E-state index contributed by atoms with van der Waals surface area (Å²) in [5, 5.41) is 13.8. The van der Waals surface area contributed by atoms with Crippen LogP contribution in [-0.4, -0.2) is 30.4 Å². The van der Waals surface area contributed by atoms with Crippen LogP contribution in [0.1, 0.15) is 18.1 Å². The zero-order chi connectivity index (χ0) is 18.2. The van der Waals surface area contributed by atoms with Gasteiger partial charge in [0.25, 0.3) is 5.91 Å². The van der Waals surface area contributed by atoms with Gasteiger partial charge in [0.05, 0.1) is 16.4 Å². The number of aryl methyl sites for hydroxylation is 1. The lowest BCUT2D eigenvalue weighted by Gasteiger charge is -2.08. The fraction of sp³-hybridized carbons (Fsp3) is 0.222. The molecule has 0 heterocycles. The average Bonchev–Trinajstić information content (AvgIpc) is 2.58. The van der Waals surface area contributed by atoms with Gasteiger partial charge in [0.1, 0.15) is 5.75 Å². The lowest BCUT2D eigenvalue weighted by Crippen LogP contribution is -2.24. The summed E-state index contributed by atoms with van der Waals surface area (Å²) in [4.78, 5) is 11.8. The second-order valence-electron chi connectivity index (χ2n) is 5.18. The van der Waals surface area contributed by atoms with Crippen LogP contribution in [0.3, 0.4) is 0 Å². The molecular formula is C18H19IN2O4. The number of carbonyl (C=O) groups is 1. The Hall–Kier alpha value is -2.29. The summed E-state index contributed by atoms with van der Waals surface area (Å²) in [6.07, 6.45) is 1.48. The number of halogens is 1. The molecule has 7 heteroatoms. The van der Waals surface area contributed by atoms with Crippen LogP contribution in [0.4, 0.5) is 0 Å². The van der Waals surface area contributed by atoms with Crippen LogP contribution >= 0.6 is 22.6 Å². The summed E-state index contributed by atoms with van der Waals surface area (Å²) >= 11 is 2.00. The first-order chi connectivity index (χ1) is 12.0. The highest BCUT2D eigenvalue weighted by Crippen LogP contribution is 2.32. The molecule has 1 amide bonds. The maximum Gasteiger partial charge on any atom is 0.277 e. The van der Waals surface area contributed by atoms with Crippen LogP contribution < -0.4 is 14.9 Å². The Kier molecular flexibility index (Phi) is 7.05. The first-order valence-electron chi connectivity index (χ1n) is 7.66. The van der Waals surface area contributed by atoms with Gasteiger partial charge >= 0.3 is 0 Å². The molecule has 2 rings (SSSR count). The number of ether oxygens (including phenoxy) is 2. The molecule has 0 aromatic heterocycles. The fourth-order valence-electron chi connectivity index (χ4n) is 2.00. The van der Waals surface area contributed by atoms with Gasteiger partial charge in [-0.2, -0.15) is 5.10 Å². The van der Waals surface area contributed by atoms with Crippen molar-refractivity contribution in [3.8, 4) is 17.2 Å². The number of hydrogen-bond acceptors (Lipinski definition) is 5. The van der Waals surface area contributed by atoms with E-state index in [4.69, 9.17) is 9.47 Å². The van der Waals surface area contributed by atoms with Crippen molar-refractivity contribution >= 4 is 34.7 Å². The van der Waals surface area contributed by atoms with E-state index in [9.17, 15) is 9.90 Å². The van der Waals surface area contributed by atoms with Crippen LogP contribution in [0.5, 0.6) is 17.2 Å². The van der Waals surface area contributed by atoms with Crippen molar-refractivity contribution in [2.45, 2.75) is 13.8 Å². The minimum atomic E-state index is -0.365. The van der Waals surface area contributed by atoms with Gasteiger partial charge < -0.3 is 14.6 Å². The summed E-state index contributed by atoms with van der Waals surface area (Å²) in [5.74, 6) is 0.741. The molecule has 0 saturated carbocycles. The average molecular weight is 454 g/mol. The maximum absolute atomic E-state index is 11.8. The third-order valence-corrected chi connectivity index (χ3v) is 3.94. The molecule has 2 aromatic carbocycles. The van der Waals surface area contributed by atoms with E-state index in [1.54, 1.807) is 18.2 Å². The van der Waals surface area contributed by atoms with Gasteiger partial charge in [0, 0.05) is 0 Å². The Morgan fingerprint density at radius 2 is 2.12 bits per heavy atom. The number of amides is 1. The molecule has 6 nitrogen and oxygen atoms in total. The molecule has 0 radical (unpaired) electrons. The molecule has 0 aliphatic heterocycles. The van der Waals surface area contributed by atoms with E-state index in [2.05, 4.69) is 10.5 Å². The largest absolute Gasteiger partial charge is 0.504 e.